The molecule has 1 aromatic rings. The van der Waals surface area contributed by atoms with Crippen molar-refractivity contribution >= 4 is 18.0 Å². The first-order chi connectivity index (χ1) is 10.6. The summed E-state index contributed by atoms with van der Waals surface area (Å²) in [4.78, 5) is 24.8. The molecule has 2 rings (SSSR count). The second-order valence-electron chi connectivity index (χ2n) is 5.42. The third kappa shape index (κ3) is 4.70. The van der Waals surface area contributed by atoms with Crippen LogP contribution in [0.15, 0.2) is 36.4 Å². The van der Waals surface area contributed by atoms with Crippen LogP contribution >= 0.6 is 0 Å². The average molecular weight is 303 g/mol. The van der Waals surface area contributed by atoms with Crippen LogP contribution in [-0.4, -0.2) is 47.2 Å². The maximum atomic E-state index is 12.2. The molecule has 1 aliphatic heterocycles. The zero-order valence-electron chi connectivity index (χ0n) is 12.6. The van der Waals surface area contributed by atoms with Gasteiger partial charge in [-0.2, -0.15) is 0 Å². The Labute approximate surface area is 130 Å². The molecule has 1 unspecified atom stereocenters. The Morgan fingerprint density at radius 1 is 1.32 bits per heavy atom. The Balaban J connectivity index is 1.81. The summed E-state index contributed by atoms with van der Waals surface area (Å²) in [5, 5.41) is 9.02. The highest BCUT2D eigenvalue weighted by Crippen LogP contribution is 2.13. The first-order valence-electron chi connectivity index (χ1n) is 7.44. The van der Waals surface area contributed by atoms with Crippen molar-refractivity contribution < 1.29 is 19.4 Å². The number of nitrogens with zero attached hydrogens (tertiary/aromatic N) is 1. The SMILES string of the molecule is C[C@@H]1CN(C(=O)CC/C=C/c2ccccc2)CC(C(=O)O)O1. The third-order valence-electron chi connectivity index (χ3n) is 3.52. The number of amides is 1. The van der Waals surface area contributed by atoms with Gasteiger partial charge in [-0.05, 0) is 18.9 Å². The van der Waals surface area contributed by atoms with E-state index in [1.165, 1.54) is 0 Å². The number of rotatable bonds is 5. The van der Waals surface area contributed by atoms with Gasteiger partial charge in [0.15, 0.2) is 6.10 Å². The number of morpholine rings is 1. The molecule has 0 saturated carbocycles. The molecular formula is C17H21NO4. The summed E-state index contributed by atoms with van der Waals surface area (Å²) in [7, 11) is 0. The molecule has 1 aromatic carbocycles. The van der Waals surface area contributed by atoms with Gasteiger partial charge in [0.1, 0.15) is 0 Å². The second-order valence-corrected chi connectivity index (χ2v) is 5.42. The topological polar surface area (TPSA) is 66.8 Å². The van der Waals surface area contributed by atoms with E-state index in [4.69, 9.17) is 9.84 Å². The molecule has 5 nitrogen and oxygen atoms in total. The Morgan fingerprint density at radius 2 is 2.05 bits per heavy atom. The monoisotopic (exact) mass is 303 g/mol. The van der Waals surface area contributed by atoms with Crippen molar-refractivity contribution in [2.45, 2.75) is 32.0 Å². The van der Waals surface area contributed by atoms with Crippen LogP contribution in [0.5, 0.6) is 0 Å². The minimum Gasteiger partial charge on any atom is -0.479 e. The van der Waals surface area contributed by atoms with E-state index >= 15 is 0 Å². The number of hydrogen-bond donors (Lipinski definition) is 1. The van der Waals surface area contributed by atoms with Gasteiger partial charge in [0, 0.05) is 13.0 Å². The molecule has 5 heteroatoms. The lowest BCUT2D eigenvalue weighted by atomic mass is 10.1. The van der Waals surface area contributed by atoms with Gasteiger partial charge in [-0.3, -0.25) is 4.79 Å². The Hall–Kier alpha value is -2.14. The number of carbonyl (C=O) groups excluding carboxylic acids is 1. The summed E-state index contributed by atoms with van der Waals surface area (Å²) in [6.07, 6.45) is 3.78. The van der Waals surface area contributed by atoms with E-state index in [9.17, 15) is 9.59 Å². The van der Waals surface area contributed by atoms with E-state index in [1.54, 1.807) is 11.8 Å². The van der Waals surface area contributed by atoms with Crippen molar-refractivity contribution in [2.75, 3.05) is 13.1 Å². The highest BCUT2D eigenvalue weighted by atomic mass is 16.5. The molecule has 0 aliphatic carbocycles. The molecule has 118 valence electrons. The molecule has 1 saturated heterocycles. The van der Waals surface area contributed by atoms with E-state index in [1.807, 2.05) is 42.5 Å². The molecule has 1 aliphatic rings. The number of hydrogen-bond acceptors (Lipinski definition) is 3. The zero-order valence-corrected chi connectivity index (χ0v) is 12.6. The highest BCUT2D eigenvalue weighted by Gasteiger charge is 2.32. The van der Waals surface area contributed by atoms with Crippen molar-refractivity contribution in [1.82, 2.24) is 4.90 Å². The smallest absolute Gasteiger partial charge is 0.334 e. The molecule has 0 bridgehead atoms. The minimum absolute atomic E-state index is 0.0286. The molecule has 22 heavy (non-hydrogen) atoms. The number of carboxylic acids is 1. The predicted molar refractivity (Wildman–Crippen MR) is 83.3 cm³/mol. The molecule has 0 spiro atoms. The van der Waals surface area contributed by atoms with E-state index in [-0.39, 0.29) is 18.6 Å². The highest BCUT2D eigenvalue weighted by molar-refractivity contribution is 5.79. The Bertz CT molecular complexity index is 541. The minimum atomic E-state index is -1.02. The lowest BCUT2D eigenvalue weighted by molar-refractivity contribution is -0.166. The van der Waals surface area contributed by atoms with Crippen LogP contribution < -0.4 is 0 Å². The van der Waals surface area contributed by atoms with E-state index < -0.39 is 12.1 Å². The van der Waals surface area contributed by atoms with Gasteiger partial charge in [-0.25, -0.2) is 4.79 Å². The summed E-state index contributed by atoms with van der Waals surface area (Å²) >= 11 is 0. The fourth-order valence-corrected chi connectivity index (χ4v) is 2.44. The third-order valence-corrected chi connectivity index (χ3v) is 3.52. The number of carbonyl (C=O) groups is 2. The number of benzene rings is 1. The number of aliphatic carboxylic acids is 1. The van der Waals surface area contributed by atoms with Gasteiger partial charge in [0.05, 0.1) is 12.6 Å². The summed E-state index contributed by atoms with van der Waals surface area (Å²) in [6, 6.07) is 9.89. The zero-order chi connectivity index (χ0) is 15.9. The average Bonchev–Trinajstić information content (AvgIpc) is 2.51. The number of allylic oxidation sites excluding steroid dienone is 1. The fraction of sp³-hybridized carbons (Fsp3) is 0.412. The predicted octanol–water partition coefficient (Wildman–Crippen LogP) is 2.18. The molecule has 1 heterocycles. The molecule has 0 aromatic heterocycles. The Morgan fingerprint density at radius 3 is 2.73 bits per heavy atom. The van der Waals surface area contributed by atoms with Crippen LogP contribution in [-0.2, 0) is 14.3 Å². The summed E-state index contributed by atoms with van der Waals surface area (Å²) < 4.78 is 5.30. The van der Waals surface area contributed by atoms with Crippen molar-refractivity contribution in [2.24, 2.45) is 0 Å². The van der Waals surface area contributed by atoms with E-state index in [2.05, 4.69) is 0 Å². The fourth-order valence-electron chi connectivity index (χ4n) is 2.44. The summed E-state index contributed by atoms with van der Waals surface area (Å²) in [6.45, 7) is 2.36. The van der Waals surface area contributed by atoms with Gasteiger partial charge in [-0.15, -0.1) is 0 Å². The van der Waals surface area contributed by atoms with Crippen LogP contribution in [0, 0.1) is 0 Å². The second kappa shape index (κ2) is 7.75. The van der Waals surface area contributed by atoms with Gasteiger partial charge in [-0.1, -0.05) is 42.5 Å². The molecule has 1 N–H and O–H groups in total. The Kier molecular flexibility index (Phi) is 5.72. The lowest BCUT2D eigenvalue weighted by Crippen LogP contribution is -2.51. The van der Waals surface area contributed by atoms with Crippen molar-refractivity contribution in [3.05, 3.63) is 42.0 Å². The summed E-state index contributed by atoms with van der Waals surface area (Å²) in [5.41, 5.74) is 1.10. The van der Waals surface area contributed by atoms with Gasteiger partial charge in [0.2, 0.25) is 5.91 Å². The van der Waals surface area contributed by atoms with Crippen molar-refractivity contribution in [3.8, 4) is 0 Å². The molecule has 1 amide bonds. The van der Waals surface area contributed by atoms with E-state index in [0.29, 0.717) is 19.4 Å². The van der Waals surface area contributed by atoms with Gasteiger partial charge in [0.25, 0.3) is 0 Å². The summed E-state index contributed by atoms with van der Waals surface area (Å²) in [5.74, 6) is -1.05. The number of carboxylic acid groups (broad SMARTS) is 1. The maximum absolute atomic E-state index is 12.2. The van der Waals surface area contributed by atoms with Crippen molar-refractivity contribution in [3.63, 3.8) is 0 Å². The first-order valence-corrected chi connectivity index (χ1v) is 7.44. The molecular weight excluding hydrogens is 282 g/mol. The van der Waals surface area contributed by atoms with Gasteiger partial charge < -0.3 is 14.7 Å². The maximum Gasteiger partial charge on any atom is 0.334 e. The molecule has 1 fully saturated rings. The van der Waals surface area contributed by atoms with Gasteiger partial charge >= 0.3 is 5.97 Å². The first kappa shape index (κ1) is 16.2. The molecule has 0 radical (unpaired) electrons. The van der Waals surface area contributed by atoms with Crippen LogP contribution in [0.25, 0.3) is 6.08 Å². The largest absolute Gasteiger partial charge is 0.479 e. The normalized spacial score (nSPS) is 22.0. The van der Waals surface area contributed by atoms with Crippen LogP contribution in [0.1, 0.15) is 25.3 Å². The van der Waals surface area contributed by atoms with Crippen LogP contribution in [0.3, 0.4) is 0 Å². The van der Waals surface area contributed by atoms with Crippen LogP contribution in [0.4, 0.5) is 0 Å². The van der Waals surface area contributed by atoms with Crippen molar-refractivity contribution in [1.29, 1.82) is 0 Å². The number of ether oxygens (including phenoxy) is 1. The lowest BCUT2D eigenvalue weighted by Gasteiger charge is -2.34. The van der Waals surface area contributed by atoms with Crippen LogP contribution in [0.2, 0.25) is 0 Å². The quantitative estimate of drug-likeness (QED) is 0.905. The standard InChI is InChI=1S/C17H21NO4/c1-13-11-18(12-15(22-13)17(20)21)16(19)10-6-5-9-14-7-3-2-4-8-14/h2-5,7-9,13,15H,6,10-12H2,1H3,(H,20,21)/b9-5+/t13-,15?/m1/s1. The van der Waals surface area contributed by atoms with E-state index in [0.717, 1.165) is 5.56 Å². The molecule has 2 atom stereocenters.